The number of hydrogen-bond donors (Lipinski definition) is 0. The Morgan fingerprint density at radius 1 is 0.920 bits per heavy atom. The topological polar surface area (TPSA) is 29.5 Å². The number of rotatable bonds is 4. The molecule has 0 aromatic heterocycles. The lowest BCUT2D eigenvalue weighted by molar-refractivity contribution is -0.137. The van der Waals surface area contributed by atoms with Gasteiger partial charge in [-0.2, -0.15) is 0 Å². The average molecular weight is 341 g/mol. The smallest absolute Gasteiger partial charge is 0.139 e. The number of nitrogens with zero attached hydrogens (tertiary/aromatic N) is 1. The first-order chi connectivity index (χ1) is 12.3. The lowest BCUT2D eigenvalue weighted by Crippen LogP contribution is -2.57. The fourth-order valence-corrected chi connectivity index (χ4v) is 5.17. The van der Waals surface area contributed by atoms with Crippen LogP contribution in [0.3, 0.4) is 0 Å². The zero-order valence-corrected chi connectivity index (χ0v) is 15.2. The number of carbonyl (C=O) groups is 1. The molecule has 2 saturated heterocycles. The van der Waals surface area contributed by atoms with Gasteiger partial charge in [0, 0.05) is 30.5 Å². The minimum Gasteiger partial charge on any atom is -0.378 e. The molecule has 0 radical (unpaired) electrons. The second-order valence-corrected chi connectivity index (χ2v) is 8.26. The van der Waals surface area contributed by atoms with E-state index in [0.29, 0.717) is 23.8 Å². The molecule has 3 aliphatic rings. The normalized spacial score (nSPS) is 31.4. The zero-order chi connectivity index (χ0) is 17.1. The van der Waals surface area contributed by atoms with Crippen molar-refractivity contribution < 1.29 is 9.53 Å². The van der Waals surface area contributed by atoms with E-state index in [4.69, 9.17) is 4.74 Å². The van der Waals surface area contributed by atoms with E-state index in [2.05, 4.69) is 35.2 Å². The summed E-state index contributed by atoms with van der Waals surface area (Å²) in [5.41, 5.74) is 1.37. The highest BCUT2D eigenvalue weighted by atomic mass is 16.5. The molecule has 0 amide bonds. The maximum Gasteiger partial charge on any atom is 0.139 e. The van der Waals surface area contributed by atoms with E-state index < -0.39 is 0 Å². The van der Waals surface area contributed by atoms with E-state index in [1.807, 2.05) is 0 Å². The monoisotopic (exact) mass is 341 g/mol. The molecule has 2 atom stereocenters. The summed E-state index contributed by atoms with van der Waals surface area (Å²) >= 11 is 0. The van der Waals surface area contributed by atoms with Crippen LogP contribution >= 0.6 is 0 Å². The van der Waals surface area contributed by atoms with Crippen molar-refractivity contribution in [2.45, 2.75) is 70.0 Å². The Morgan fingerprint density at radius 3 is 2.20 bits per heavy atom. The first kappa shape index (κ1) is 17.2. The Balaban J connectivity index is 1.42. The molecular weight excluding hydrogens is 310 g/mol. The quantitative estimate of drug-likeness (QED) is 0.769. The molecule has 3 heteroatoms. The minimum absolute atomic E-state index is 0.272. The van der Waals surface area contributed by atoms with Gasteiger partial charge in [-0.3, -0.25) is 9.69 Å². The van der Waals surface area contributed by atoms with Crippen LogP contribution < -0.4 is 0 Å². The minimum atomic E-state index is 0.272. The summed E-state index contributed by atoms with van der Waals surface area (Å²) in [4.78, 5) is 15.7. The van der Waals surface area contributed by atoms with E-state index in [-0.39, 0.29) is 5.92 Å². The number of Topliss-reactive ketones (excluding diaryl/α,β-unsaturated/α-hetero) is 1. The van der Waals surface area contributed by atoms with E-state index in [9.17, 15) is 4.79 Å². The molecule has 3 fully saturated rings. The third-order valence-electron chi connectivity index (χ3n) is 6.54. The number of piperidine rings is 1. The van der Waals surface area contributed by atoms with E-state index in [1.54, 1.807) is 0 Å². The molecule has 3 nitrogen and oxygen atoms in total. The maximum atomic E-state index is 13.1. The van der Waals surface area contributed by atoms with Crippen molar-refractivity contribution in [2.24, 2.45) is 11.8 Å². The summed E-state index contributed by atoms with van der Waals surface area (Å²) in [7, 11) is 0. The Hall–Kier alpha value is -1.19. The summed E-state index contributed by atoms with van der Waals surface area (Å²) < 4.78 is 5.85. The molecule has 0 N–H and O–H groups in total. The predicted molar refractivity (Wildman–Crippen MR) is 99.3 cm³/mol. The standard InChI is InChI=1S/C22H31NO2/c24-22(18-10-6-1-2-7-11-18)19-12-20-15-25-16-21(13-19)23(20)14-17-8-4-3-5-9-17/h3-5,8-9,18-21H,1-2,6-7,10-16H2. The Labute approximate surface area is 151 Å². The van der Waals surface area contributed by atoms with Crippen molar-refractivity contribution >= 4 is 5.78 Å². The molecular formula is C22H31NO2. The van der Waals surface area contributed by atoms with Crippen LogP contribution in [-0.2, 0) is 16.1 Å². The fourth-order valence-electron chi connectivity index (χ4n) is 5.17. The van der Waals surface area contributed by atoms with Crippen LogP contribution in [0.4, 0.5) is 0 Å². The third kappa shape index (κ3) is 3.98. The highest BCUT2D eigenvalue weighted by Crippen LogP contribution is 2.36. The Kier molecular flexibility index (Phi) is 5.52. The second-order valence-electron chi connectivity index (χ2n) is 8.26. The first-order valence-corrected chi connectivity index (χ1v) is 10.2. The van der Waals surface area contributed by atoms with Gasteiger partial charge in [-0.1, -0.05) is 56.0 Å². The van der Waals surface area contributed by atoms with Gasteiger partial charge in [0.1, 0.15) is 5.78 Å². The van der Waals surface area contributed by atoms with Gasteiger partial charge in [0.25, 0.3) is 0 Å². The largest absolute Gasteiger partial charge is 0.378 e. The molecule has 2 aliphatic heterocycles. The van der Waals surface area contributed by atoms with Gasteiger partial charge >= 0.3 is 0 Å². The van der Waals surface area contributed by atoms with Gasteiger partial charge in [-0.15, -0.1) is 0 Å². The number of ketones is 1. The third-order valence-corrected chi connectivity index (χ3v) is 6.54. The Bertz CT molecular complexity index is 551. The van der Waals surface area contributed by atoms with Crippen LogP contribution in [0.5, 0.6) is 0 Å². The van der Waals surface area contributed by atoms with Crippen molar-refractivity contribution in [1.82, 2.24) is 4.90 Å². The van der Waals surface area contributed by atoms with Crippen LogP contribution in [-0.4, -0.2) is 36.0 Å². The number of fused-ring (bicyclic) bond motifs is 2. The summed E-state index contributed by atoms with van der Waals surface area (Å²) in [6.07, 6.45) is 9.40. The van der Waals surface area contributed by atoms with Gasteiger partial charge < -0.3 is 4.74 Å². The second kappa shape index (κ2) is 8.01. The molecule has 136 valence electrons. The molecule has 4 rings (SSSR count). The summed E-state index contributed by atoms with van der Waals surface area (Å²) in [5.74, 6) is 1.20. The van der Waals surface area contributed by atoms with E-state index in [1.165, 1.54) is 31.2 Å². The zero-order valence-electron chi connectivity index (χ0n) is 15.2. The molecule has 2 bridgehead atoms. The van der Waals surface area contributed by atoms with Crippen molar-refractivity contribution in [3.63, 3.8) is 0 Å². The number of hydrogen-bond acceptors (Lipinski definition) is 3. The van der Waals surface area contributed by atoms with Crippen LogP contribution in [0.15, 0.2) is 30.3 Å². The lowest BCUT2D eigenvalue weighted by atomic mass is 9.77. The maximum absolute atomic E-state index is 13.1. The predicted octanol–water partition coefficient (Wildman–Crippen LogP) is 4.21. The van der Waals surface area contributed by atoms with E-state index in [0.717, 1.165) is 45.4 Å². The average Bonchev–Trinajstić information content (AvgIpc) is 2.91. The molecule has 1 aliphatic carbocycles. The number of ether oxygens (including phenoxy) is 1. The SMILES string of the molecule is O=C(C1CCCCCC1)C1CC2COCC(C1)N2Cc1ccccc1. The number of carbonyl (C=O) groups excluding carboxylic acids is 1. The van der Waals surface area contributed by atoms with Crippen molar-refractivity contribution in [1.29, 1.82) is 0 Å². The van der Waals surface area contributed by atoms with Crippen LogP contribution in [0, 0.1) is 11.8 Å². The summed E-state index contributed by atoms with van der Waals surface area (Å²) in [6.45, 7) is 2.57. The van der Waals surface area contributed by atoms with Crippen LogP contribution in [0.2, 0.25) is 0 Å². The number of morpholine rings is 1. The molecule has 0 spiro atoms. The van der Waals surface area contributed by atoms with Crippen molar-refractivity contribution in [3.8, 4) is 0 Å². The molecule has 1 aromatic carbocycles. The van der Waals surface area contributed by atoms with Crippen LogP contribution in [0.1, 0.15) is 56.9 Å². The molecule has 2 unspecified atom stereocenters. The molecule has 25 heavy (non-hydrogen) atoms. The van der Waals surface area contributed by atoms with Gasteiger partial charge in [0.15, 0.2) is 0 Å². The lowest BCUT2D eigenvalue weighted by Gasteiger charge is -2.48. The molecule has 1 aromatic rings. The molecule has 2 heterocycles. The molecule has 1 saturated carbocycles. The van der Waals surface area contributed by atoms with Gasteiger partial charge in [-0.05, 0) is 31.2 Å². The number of benzene rings is 1. The summed E-state index contributed by atoms with van der Waals surface area (Å²) in [5, 5.41) is 0. The van der Waals surface area contributed by atoms with Crippen molar-refractivity contribution in [3.05, 3.63) is 35.9 Å². The highest BCUT2D eigenvalue weighted by molar-refractivity contribution is 5.83. The first-order valence-electron chi connectivity index (χ1n) is 10.2. The van der Waals surface area contributed by atoms with E-state index >= 15 is 0 Å². The fraction of sp³-hybridized carbons (Fsp3) is 0.682. The Morgan fingerprint density at radius 2 is 1.56 bits per heavy atom. The van der Waals surface area contributed by atoms with Gasteiger partial charge in [0.2, 0.25) is 0 Å². The van der Waals surface area contributed by atoms with Gasteiger partial charge in [0.05, 0.1) is 13.2 Å². The van der Waals surface area contributed by atoms with Crippen molar-refractivity contribution in [2.75, 3.05) is 13.2 Å². The highest BCUT2D eigenvalue weighted by Gasteiger charge is 2.42. The van der Waals surface area contributed by atoms with Crippen LogP contribution in [0.25, 0.3) is 0 Å². The summed E-state index contributed by atoms with van der Waals surface area (Å²) in [6, 6.07) is 11.5. The van der Waals surface area contributed by atoms with Gasteiger partial charge in [-0.25, -0.2) is 0 Å².